The number of nitrogens with two attached hydrogens (primary N) is 1. The van der Waals surface area contributed by atoms with Crippen LogP contribution in [0.5, 0.6) is 0 Å². The van der Waals surface area contributed by atoms with E-state index in [1.54, 1.807) is 12.1 Å². The fourth-order valence-corrected chi connectivity index (χ4v) is 5.90. The van der Waals surface area contributed by atoms with Crippen LogP contribution in [-0.2, 0) is 19.9 Å². The molecule has 3 rings (SSSR count). The zero-order valence-electron chi connectivity index (χ0n) is 16.4. The van der Waals surface area contributed by atoms with E-state index in [-0.39, 0.29) is 9.98 Å². The molecular weight excluding hydrogens is 424 g/mol. The summed E-state index contributed by atoms with van der Waals surface area (Å²) in [6.45, 7) is 0. The molecule has 2 aromatic rings. The smallest absolute Gasteiger partial charge is 0.266 e. The molecule has 0 atom stereocenters. The van der Waals surface area contributed by atoms with E-state index in [4.69, 9.17) is 5.84 Å². The summed E-state index contributed by atoms with van der Waals surface area (Å²) in [5, 5.41) is 0. The van der Waals surface area contributed by atoms with Gasteiger partial charge in [-0.1, -0.05) is 36.8 Å². The zero-order valence-corrected chi connectivity index (χ0v) is 18.0. The Bertz CT molecular complexity index is 1220. The lowest BCUT2D eigenvalue weighted by Gasteiger charge is -2.18. The van der Waals surface area contributed by atoms with Crippen LogP contribution in [0.25, 0.3) is 0 Å². The summed E-state index contributed by atoms with van der Waals surface area (Å²) in [5.41, 5.74) is 0.761. The molecule has 158 valence electrons. The van der Waals surface area contributed by atoms with Gasteiger partial charge >= 0.3 is 0 Å². The van der Waals surface area contributed by atoms with E-state index >= 15 is 0 Å². The van der Waals surface area contributed by atoms with Crippen molar-refractivity contribution in [2.45, 2.75) is 35.5 Å². The Morgan fingerprint density at radius 2 is 1.53 bits per heavy atom. The molecule has 1 amide bonds. The van der Waals surface area contributed by atoms with Crippen molar-refractivity contribution in [3.8, 4) is 11.8 Å². The van der Waals surface area contributed by atoms with Gasteiger partial charge in [-0.25, -0.2) is 14.3 Å². The maximum absolute atomic E-state index is 12.8. The van der Waals surface area contributed by atoms with Gasteiger partial charge in [-0.3, -0.25) is 4.79 Å². The lowest BCUT2D eigenvalue weighted by molar-refractivity contribution is 0.0861. The van der Waals surface area contributed by atoms with Crippen LogP contribution in [0.1, 0.15) is 41.6 Å². The number of rotatable bonds is 4. The maximum Gasteiger partial charge on any atom is 0.282 e. The first kappa shape index (κ1) is 22.0. The molecule has 2 aromatic carbocycles. The topological polar surface area (TPSA) is 115 Å². The second-order valence-electron chi connectivity index (χ2n) is 7.15. The summed E-state index contributed by atoms with van der Waals surface area (Å²) in [5.74, 6) is 11.3. The van der Waals surface area contributed by atoms with Crippen molar-refractivity contribution in [3.05, 3.63) is 59.7 Å². The number of carbonyl (C=O) groups excluding carboxylic acids is 1. The molecule has 0 aliphatic heterocycles. The number of sulfonamides is 1. The van der Waals surface area contributed by atoms with E-state index in [0.29, 0.717) is 11.5 Å². The van der Waals surface area contributed by atoms with Gasteiger partial charge in [0.05, 0.1) is 4.90 Å². The largest absolute Gasteiger partial charge is 0.282 e. The molecule has 0 heterocycles. The van der Waals surface area contributed by atoms with E-state index in [2.05, 4.69) is 11.8 Å². The quantitative estimate of drug-likeness (QED) is 0.334. The average molecular weight is 447 g/mol. The molecule has 30 heavy (non-hydrogen) atoms. The summed E-state index contributed by atoms with van der Waals surface area (Å²) < 4.78 is 49.6. The number of hydrogen-bond donors (Lipinski definition) is 1. The molecule has 2 N–H and O–H groups in total. The minimum Gasteiger partial charge on any atom is -0.266 e. The monoisotopic (exact) mass is 446 g/mol. The van der Waals surface area contributed by atoms with Crippen LogP contribution in [-0.4, -0.2) is 33.4 Å². The Hall–Kier alpha value is -2.67. The number of carbonyl (C=O) groups is 1. The summed E-state index contributed by atoms with van der Waals surface area (Å²) in [6, 6.07) is 11.1. The molecular formula is C21H22N2O5S2. The highest BCUT2D eigenvalue weighted by atomic mass is 32.2. The molecule has 0 spiro atoms. The SMILES string of the molecule is CS(=O)(=O)c1ccccc1S(=O)(=O)N(N)C(=O)c1ccc(C#CC2CCCC2)cc1. The first-order valence-corrected chi connectivity index (χ1v) is 12.7. The van der Waals surface area contributed by atoms with Crippen LogP contribution >= 0.6 is 0 Å². The summed E-state index contributed by atoms with van der Waals surface area (Å²) in [4.78, 5) is 11.7. The van der Waals surface area contributed by atoms with E-state index in [9.17, 15) is 21.6 Å². The third-order valence-electron chi connectivity index (χ3n) is 4.89. The van der Waals surface area contributed by atoms with Gasteiger partial charge in [0.1, 0.15) is 4.90 Å². The maximum atomic E-state index is 12.8. The molecule has 0 aromatic heterocycles. The van der Waals surface area contributed by atoms with Crippen LogP contribution in [0, 0.1) is 17.8 Å². The minimum absolute atomic E-state index is 0.0457. The Morgan fingerprint density at radius 1 is 0.967 bits per heavy atom. The third-order valence-corrected chi connectivity index (χ3v) is 7.77. The van der Waals surface area contributed by atoms with Crippen molar-refractivity contribution in [2.24, 2.45) is 11.8 Å². The number of hydrogen-bond acceptors (Lipinski definition) is 6. The van der Waals surface area contributed by atoms with Crippen molar-refractivity contribution in [2.75, 3.05) is 6.26 Å². The van der Waals surface area contributed by atoms with Gasteiger partial charge in [0.25, 0.3) is 15.9 Å². The first-order chi connectivity index (χ1) is 14.1. The lowest BCUT2D eigenvalue weighted by Crippen LogP contribution is -2.42. The van der Waals surface area contributed by atoms with Gasteiger partial charge < -0.3 is 0 Å². The Labute approximate surface area is 176 Å². The van der Waals surface area contributed by atoms with Crippen molar-refractivity contribution in [1.82, 2.24) is 4.41 Å². The average Bonchev–Trinajstić information content (AvgIpc) is 3.24. The van der Waals surface area contributed by atoms with Crippen LogP contribution < -0.4 is 5.84 Å². The molecule has 9 heteroatoms. The van der Waals surface area contributed by atoms with Gasteiger partial charge in [-0.2, -0.15) is 12.8 Å². The Morgan fingerprint density at radius 3 is 2.10 bits per heavy atom. The zero-order chi connectivity index (χ0) is 21.9. The van der Waals surface area contributed by atoms with Crippen LogP contribution in [0.4, 0.5) is 0 Å². The molecule has 0 bridgehead atoms. The number of nitrogens with zero attached hydrogens (tertiary/aromatic N) is 1. The molecule has 1 fully saturated rings. The van der Waals surface area contributed by atoms with Gasteiger partial charge in [0.15, 0.2) is 9.84 Å². The van der Waals surface area contributed by atoms with E-state index in [1.165, 1.54) is 37.1 Å². The highest BCUT2D eigenvalue weighted by Gasteiger charge is 2.31. The van der Waals surface area contributed by atoms with E-state index in [0.717, 1.165) is 31.2 Å². The van der Waals surface area contributed by atoms with Gasteiger partial charge in [0.2, 0.25) is 0 Å². The molecule has 7 nitrogen and oxygen atoms in total. The number of benzene rings is 2. The minimum atomic E-state index is -4.58. The number of sulfone groups is 1. The highest BCUT2D eigenvalue weighted by molar-refractivity contribution is 7.93. The Balaban J connectivity index is 1.85. The lowest BCUT2D eigenvalue weighted by atomic mass is 10.1. The highest BCUT2D eigenvalue weighted by Crippen LogP contribution is 2.25. The van der Waals surface area contributed by atoms with Gasteiger partial charge in [0, 0.05) is 23.3 Å². The molecule has 1 aliphatic rings. The first-order valence-electron chi connectivity index (χ1n) is 9.36. The summed E-state index contributed by atoms with van der Waals surface area (Å²) in [6.07, 6.45) is 5.46. The summed E-state index contributed by atoms with van der Waals surface area (Å²) >= 11 is 0. The van der Waals surface area contributed by atoms with Gasteiger partial charge in [-0.15, -0.1) is 0 Å². The third kappa shape index (κ3) is 4.73. The number of hydrazine groups is 1. The second kappa shape index (κ2) is 8.60. The van der Waals surface area contributed by atoms with E-state index in [1.807, 2.05) is 0 Å². The fourth-order valence-electron chi connectivity index (χ4n) is 3.26. The predicted molar refractivity (Wildman–Crippen MR) is 112 cm³/mol. The predicted octanol–water partition coefficient (Wildman–Crippen LogP) is 2.34. The normalized spacial score (nSPS) is 14.7. The van der Waals surface area contributed by atoms with Crippen molar-refractivity contribution in [1.29, 1.82) is 0 Å². The Kier molecular flexibility index (Phi) is 6.31. The van der Waals surface area contributed by atoms with Crippen molar-refractivity contribution < 1.29 is 21.6 Å². The van der Waals surface area contributed by atoms with Crippen molar-refractivity contribution >= 4 is 25.8 Å². The molecule has 1 saturated carbocycles. The fraction of sp³-hybridized carbons (Fsp3) is 0.286. The molecule has 0 radical (unpaired) electrons. The molecule has 0 unspecified atom stereocenters. The van der Waals surface area contributed by atoms with Gasteiger partial charge in [-0.05, 0) is 49.2 Å². The van der Waals surface area contributed by atoms with Crippen LogP contribution in [0.15, 0.2) is 58.3 Å². The van der Waals surface area contributed by atoms with E-state index < -0.39 is 35.6 Å². The number of amides is 1. The standard InChI is InChI=1S/C21H22N2O5S2/c1-29(25,26)19-8-4-5-9-20(19)30(27,28)23(22)21(24)18-14-12-17(13-15-18)11-10-16-6-2-3-7-16/h4-5,8-9,12-16H,2-3,6-7,22H2,1H3. The second-order valence-corrected chi connectivity index (χ2v) is 10.9. The van der Waals surface area contributed by atoms with Crippen LogP contribution in [0.3, 0.4) is 0 Å². The van der Waals surface area contributed by atoms with Crippen molar-refractivity contribution in [3.63, 3.8) is 0 Å². The van der Waals surface area contributed by atoms with Crippen LogP contribution in [0.2, 0.25) is 0 Å². The molecule has 0 saturated heterocycles. The molecule has 1 aliphatic carbocycles. The summed E-state index contributed by atoms with van der Waals surface area (Å²) in [7, 11) is -8.42.